The van der Waals surface area contributed by atoms with Crippen LogP contribution in [0.15, 0.2) is 52.1 Å². The number of nitrogens with zero attached hydrogens (tertiary/aromatic N) is 3. The van der Waals surface area contributed by atoms with Crippen molar-refractivity contribution in [1.82, 2.24) is 15.1 Å². The van der Waals surface area contributed by atoms with Crippen LogP contribution in [-0.2, 0) is 21.2 Å². The monoisotopic (exact) mass is 422 g/mol. The van der Waals surface area contributed by atoms with E-state index in [2.05, 4.69) is 15.1 Å². The van der Waals surface area contributed by atoms with E-state index in [1.54, 1.807) is 18.5 Å². The fourth-order valence-corrected chi connectivity index (χ4v) is 3.36. The van der Waals surface area contributed by atoms with Crippen LogP contribution in [-0.4, -0.2) is 36.1 Å². The lowest BCUT2D eigenvalue weighted by molar-refractivity contribution is 0.0498. The molecule has 146 valence electrons. The van der Waals surface area contributed by atoms with Crippen molar-refractivity contribution in [1.29, 1.82) is 0 Å². The smallest absolute Gasteiger partial charge is 0.338 e. The molecule has 0 aliphatic heterocycles. The minimum atomic E-state index is -4.04. The van der Waals surface area contributed by atoms with Crippen LogP contribution in [0.2, 0.25) is 5.02 Å². The van der Waals surface area contributed by atoms with Gasteiger partial charge in [0, 0.05) is 24.4 Å². The Hall–Kier alpha value is -2.82. The largest absolute Gasteiger partial charge is 0.462 e. The van der Waals surface area contributed by atoms with Gasteiger partial charge in [0.15, 0.2) is 0 Å². The number of sulfonamides is 1. The minimum absolute atomic E-state index is 0.0325. The summed E-state index contributed by atoms with van der Waals surface area (Å²) in [6.07, 6.45) is 4.11. The lowest BCUT2D eigenvalue weighted by Gasteiger charge is -2.06. The van der Waals surface area contributed by atoms with Crippen molar-refractivity contribution in [3.05, 3.63) is 59.2 Å². The molecule has 3 aromatic rings. The van der Waals surface area contributed by atoms with E-state index in [0.717, 1.165) is 11.6 Å². The number of pyridine rings is 1. The van der Waals surface area contributed by atoms with E-state index in [1.165, 1.54) is 12.1 Å². The zero-order valence-electron chi connectivity index (χ0n) is 14.4. The van der Waals surface area contributed by atoms with Gasteiger partial charge in [0.05, 0.1) is 17.2 Å². The van der Waals surface area contributed by atoms with Crippen molar-refractivity contribution in [2.45, 2.75) is 17.7 Å². The molecule has 0 unspecified atom stereocenters. The maximum Gasteiger partial charge on any atom is 0.338 e. The highest BCUT2D eigenvalue weighted by atomic mass is 35.5. The van der Waals surface area contributed by atoms with Gasteiger partial charge >= 0.3 is 5.97 Å². The first-order valence-corrected chi connectivity index (χ1v) is 9.99. The second-order valence-electron chi connectivity index (χ2n) is 5.68. The molecule has 0 amide bonds. The summed E-state index contributed by atoms with van der Waals surface area (Å²) in [4.78, 5) is 20.0. The van der Waals surface area contributed by atoms with E-state index in [-0.39, 0.29) is 22.1 Å². The molecule has 2 heterocycles. The summed E-state index contributed by atoms with van der Waals surface area (Å²) in [5.74, 6) is 0.137. The fourth-order valence-electron chi connectivity index (χ4n) is 2.29. The Labute approximate surface area is 165 Å². The van der Waals surface area contributed by atoms with Crippen LogP contribution >= 0.6 is 11.6 Å². The second-order valence-corrected chi connectivity index (χ2v) is 7.62. The third kappa shape index (κ3) is 4.91. The molecule has 0 saturated carbocycles. The molecule has 0 aliphatic carbocycles. The molecule has 0 bridgehead atoms. The Bertz CT molecular complexity index is 1090. The highest BCUT2D eigenvalue weighted by molar-refractivity contribution is 7.89. The average molecular weight is 423 g/mol. The summed E-state index contributed by atoms with van der Waals surface area (Å²) in [5.41, 5.74) is 0.766. The number of ether oxygens (including phenoxy) is 1. The highest BCUT2D eigenvalue weighted by Crippen LogP contribution is 2.22. The second kappa shape index (κ2) is 8.46. The number of aromatic nitrogens is 3. The molecule has 3 rings (SSSR count). The summed E-state index contributed by atoms with van der Waals surface area (Å²) in [5, 5.41) is 8.87. The quantitative estimate of drug-likeness (QED) is 0.451. The number of hydrogen-bond donors (Lipinski definition) is 1. The molecule has 11 heteroatoms. The Balaban J connectivity index is 1.53. The van der Waals surface area contributed by atoms with Crippen molar-refractivity contribution in [3.63, 3.8) is 0 Å². The Morgan fingerprint density at radius 3 is 2.82 bits per heavy atom. The van der Waals surface area contributed by atoms with Gasteiger partial charge < -0.3 is 9.26 Å². The number of esters is 1. The van der Waals surface area contributed by atoms with Gasteiger partial charge in [0.1, 0.15) is 4.90 Å². The van der Waals surface area contributed by atoms with Crippen LogP contribution in [0.5, 0.6) is 0 Å². The summed E-state index contributed by atoms with van der Waals surface area (Å²) >= 11 is 5.79. The van der Waals surface area contributed by atoms with Crippen molar-refractivity contribution in [2.24, 2.45) is 5.14 Å². The van der Waals surface area contributed by atoms with E-state index in [0.29, 0.717) is 24.6 Å². The zero-order valence-corrected chi connectivity index (χ0v) is 16.0. The van der Waals surface area contributed by atoms with Crippen molar-refractivity contribution < 1.29 is 22.5 Å². The van der Waals surface area contributed by atoms with Gasteiger partial charge in [-0.2, -0.15) is 4.98 Å². The molecular formula is C17H15ClN4O5S. The summed E-state index contributed by atoms with van der Waals surface area (Å²) in [6, 6.07) is 7.29. The molecule has 0 aliphatic rings. The Morgan fingerprint density at radius 1 is 1.29 bits per heavy atom. The first-order valence-electron chi connectivity index (χ1n) is 8.07. The highest BCUT2D eigenvalue weighted by Gasteiger charge is 2.17. The molecule has 0 atom stereocenters. The lowest BCUT2D eigenvalue weighted by Crippen LogP contribution is -2.14. The standard InChI is InChI=1S/C17H15ClN4O5S/c18-13-6-5-11(9-14(13)28(19,24)25)17(23)26-8-2-4-15-21-16(22-27-15)12-3-1-7-20-10-12/h1,3,5-7,9-10H,2,4,8H2,(H2,19,24,25). The molecule has 0 fully saturated rings. The Kier molecular flexibility index (Phi) is 6.02. The third-order valence-corrected chi connectivity index (χ3v) is 5.02. The van der Waals surface area contributed by atoms with Crippen molar-refractivity contribution in [2.75, 3.05) is 6.61 Å². The number of aryl methyl sites for hydroxylation is 1. The summed E-state index contributed by atoms with van der Waals surface area (Å²) in [6.45, 7) is 0.0801. The van der Waals surface area contributed by atoms with E-state index < -0.39 is 16.0 Å². The number of carbonyl (C=O) groups is 1. The first-order chi connectivity index (χ1) is 13.3. The SMILES string of the molecule is NS(=O)(=O)c1cc(C(=O)OCCCc2nc(-c3cccnc3)no2)ccc1Cl. The van der Waals surface area contributed by atoms with E-state index in [4.69, 9.17) is 26.0 Å². The van der Waals surface area contributed by atoms with E-state index in [1.807, 2.05) is 6.07 Å². The van der Waals surface area contributed by atoms with Crippen LogP contribution in [0.1, 0.15) is 22.7 Å². The molecule has 0 radical (unpaired) electrons. The van der Waals surface area contributed by atoms with Gasteiger partial charge in [-0.1, -0.05) is 16.8 Å². The van der Waals surface area contributed by atoms with Crippen LogP contribution in [0, 0.1) is 0 Å². The van der Waals surface area contributed by atoms with Crippen molar-refractivity contribution in [3.8, 4) is 11.4 Å². The van der Waals surface area contributed by atoms with Gasteiger partial charge in [-0.05, 0) is 36.8 Å². The predicted octanol–water partition coefficient (Wildman–Crippen LogP) is 2.22. The van der Waals surface area contributed by atoms with Gasteiger partial charge in [0.25, 0.3) is 0 Å². The number of carbonyl (C=O) groups excluding carboxylic acids is 1. The molecule has 2 aromatic heterocycles. The fraction of sp³-hybridized carbons (Fsp3) is 0.176. The minimum Gasteiger partial charge on any atom is -0.462 e. The van der Waals surface area contributed by atoms with Gasteiger partial charge in [-0.25, -0.2) is 18.4 Å². The average Bonchev–Trinajstić information content (AvgIpc) is 3.14. The Morgan fingerprint density at radius 2 is 2.11 bits per heavy atom. The normalized spacial score (nSPS) is 11.4. The number of halogens is 1. The van der Waals surface area contributed by atoms with E-state index >= 15 is 0 Å². The maximum absolute atomic E-state index is 12.1. The molecule has 9 nitrogen and oxygen atoms in total. The summed E-state index contributed by atoms with van der Waals surface area (Å²) in [7, 11) is -4.04. The van der Waals surface area contributed by atoms with Gasteiger partial charge in [0.2, 0.25) is 21.7 Å². The van der Waals surface area contributed by atoms with Crippen molar-refractivity contribution >= 4 is 27.6 Å². The molecule has 0 spiro atoms. The van der Waals surface area contributed by atoms with Crippen LogP contribution in [0.3, 0.4) is 0 Å². The molecule has 0 saturated heterocycles. The van der Waals surface area contributed by atoms with Gasteiger partial charge in [-0.15, -0.1) is 0 Å². The molecule has 2 N–H and O–H groups in total. The summed E-state index contributed by atoms with van der Waals surface area (Å²) < 4.78 is 33.2. The molecular weight excluding hydrogens is 408 g/mol. The third-order valence-electron chi connectivity index (χ3n) is 3.63. The number of rotatable bonds is 7. The number of nitrogens with two attached hydrogens (primary N) is 1. The zero-order chi connectivity index (χ0) is 20.1. The molecule has 28 heavy (non-hydrogen) atoms. The predicted molar refractivity (Wildman–Crippen MR) is 99.0 cm³/mol. The van der Waals surface area contributed by atoms with Crippen LogP contribution in [0.4, 0.5) is 0 Å². The van der Waals surface area contributed by atoms with Gasteiger partial charge in [-0.3, -0.25) is 4.98 Å². The lowest BCUT2D eigenvalue weighted by atomic mass is 10.2. The maximum atomic E-state index is 12.1. The van der Waals surface area contributed by atoms with E-state index in [9.17, 15) is 13.2 Å². The number of benzene rings is 1. The number of hydrogen-bond acceptors (Lipinski definition) is 8. The molecule has 1 aromatic carbocycles. The first kappa shape index (κ1) is 19.9. The topological polar surface area (TPSA) is 138 Å². The van der Waals surface area contributed by atoms with Crippen LogP contribution < -0.4 is 5.14 Å². The van der Waals surface area contributed by atoms with Crippen LogP contribution in [0.25, 0.3) is 11.4 Å². The number of primary sulfonamides is 1.